The molecule has 0 aromatic heterocycles. The van der Waals surface area contributed by atoms with E-state index in [1.54, 1.807) is 12.1 Å². The van der Waals surface area contributed by atoms with Crippen LogP contribution in [0.2, 0.25) is 0 Å². The Kier molecular flexibility index (Phi) is 5.46. The van der Waals surface area contributed by atoms with E-state index in [1.807, 2.05) is 12.1 Å². The van der Waals surface area contributed by atoms with Gasteiger partial charge in [-0.05, 0) is 30.7 Å². The molecular formula is C9H15ClN2O. The molecule has 1 atom stereocenters. The Morgan fingerprint density at radius 3 is 2.23 bits per heavy atom. The minimum Gasteiger partial charge on any atom is -0.508 e. The third-order valence-electron chi connectivity index (χ3n) is 1.80. The van der Waals surface area contributed by atoms with Crippen LogP contribution in [0.5, 0.6) is 5.75 Å². The molecule has 1 aromatic rings. The van der Waals surface area contributed by atoms with Gasteiger partial charge in [0.15, 0.2) is 0 Å². The van der Waals surface area contributed by atoms with E-state index >= 15 is 0 Å². The standard InChI is InChI=1S/C9H14N2O.ClH/c10-6-5-9(11)7-1-3-8(12)4-2-7;/h1-4,9,12H,5-6,10-11H2;1H/t9-;/m0./s1. The van der Waals surface area contributed by atoms with E-state index in [2.05, 4.69) is 0 Å². The first kappa shape index (κ1) is 12.2. The topological polar surface area (TPSA) is 72.3 Å². The summed E-state index contributed by atoms with van der Waals surface area (Å²) < 4.78 is 0. The molecule has 0 fully saturated rings. The van der Waals surface area contributed by atoms with Crippen molar-refractivity contribution in [2.24, 2.45) is 11.5 Å². The molecule has 3 nitrogen and oxygen atoms in total. The molecule has 0 bridgehead atoms. The summed E-state index contributed by atoms with van der Waals surface area (Å²) in [5, 5.41) is 9.00. The number of hydrogen-bond acceptors (Lipinski definition) is 3. The predicted molar refractivity (Wildman–Crippen MR) is 56.0 cm³/mol. The van der Waals surface area contributed by atoms with Crippen molar-refractivity contribution in [1.29, 1.82) is 0 Å². The average molecular weight is 203 g/mol. The van der Waals surface area contributed by atoms with Gasteiger partial charge in [-0.15, -0.1) is 12.4 Å². The van der Waals surface area contributed by atoms with Gasteiger partial charge in [0.2, 0.25) is 0 Å². The van der Waals surface area contributed by atoms with Crippen molar-refractivity contribution in [2.75, 3.05) is 6.54 Å². The highest BCUT2D eigenvalue weighted by molar-refractivity contribution is 5.85. The Balaban J connectivity index is 0.00000144. The van der Waals surface area contributed by atoms with Crippen molar-refractivity contribution in [3.05, 3.63) is 29.8 Å². The molecule has 0 amide bonds. The van der Waals surface area contributed by atoms with Crippen molar-refractivity contribution in [3.8, 4) is 5.75 Å². The first-order chi connectivity index (χ1) is 5.74. The van der Waals surface area contributed by atoms with Crippen LogP contribution >= 0.6 is 12.4 Å². The summed E-state index contributed by atoms with van der Waals surface area (Å²) >= 11 is 0. The monoisotopic (exact) mass is 202 g/mol. The first-order valence-corrected chi connectivity index (χ1v) is 3.98. The van der Waals surface area contributed by atoms with Crippen LogP contribution in [0.1, 0.15) is 18.0 Å². The third kappa shape index (κ3) is 3.63. The fraction of sp³-hybridized carbons (Fsp3) is 0.333. The van der Waals surface area contributed by atoms with Gasteiger partial charge in [-0.3, -0.25) is 0 Å². The molecule has 1 aromatic carbocycles. The van der Waals surface area contributed by atoms with Crippen LogP contribution in [-0.4, -0.2) is 11.7 Å². The van der Waals surface area contributed by atoms with Gasteiger partial charge in [-0.25, -0.2) is 0 Å². The molecule has 13 heavy (non-hydrogen) atoms. The summed E-state index contributed by atoms with van der Waals surface area (Å²) in [6.07, 6.45) is 0.769. The van der Waals surface area contributed by atoms with E-state index in [0.29, 0.717) is 6.54 Å². The summed E-state index contributed by atoms with van der Waals surface area (Å²) in [5.74, 6) is 0.263. The van der Waals surface area contributed by atoms with E-state index in [4.69, 9.17) is 16.6 Å². The van der Waals surface area contributed by atoms with Crippen molar-refractivity contribution in [1.82, 2.24) is 0 Å². The Morgan fingerprint density at radius 1 is 1.23 bits per heavy atom. The minimum absolute atomic E-state index is 0. The van der Waals surface area contributed by atoms with Gasteiger partial charge in [0, 0.05) is 6.04 Å². The second-order valence-corrected chi connectivity index (χ2v) is 2.78. The molecular weight excluding hydrogens is 188 g/mol. The molecule has 0 aliphatic rings. The molecule has 74 valence electrons. The summed E-state index contributed by atoms with van der Waals surface area (Å²) in [4.78, 5) is 0. The van der Waals surface area contributed by atoms with Crippen LogP contribution < -0.4 is 11.5 Å². The van der Waals surface area contributed by atoms with Gasteiger partial charge in [-0.2, -0.15) is 0 Å². The molecule has 0 unspecified atom stereocenters. The highest BCUT2D eigenvalue weighted by Crippen LogP contribution is 2.16. The van der Waals surface area contributed by atoms with E-state index in [0.717, 1.165) is 12.0 Å². The van der Waals surface area contributed by atoms with Crippen molar-refractivity contribution >= 4 is 12.4 Å². The number of aromatic hydroxyl groups is 1. The van der Waals surface area contributed by atoms with Gasteiger partial charge in [-0.1, -0.05) is 12.1 Å². The first-order valence-electron chi connectivity index (χ1n) is 3.98. The van der Waals surface area contributed by atoms with Crippen LogP contribution in [0.3, 0.4) is 0 Å². The molecule has 5 N–H and O–H groups in total. The lowest BCUT2D eigenvalue weighted by atomic mass is 10.1. The zero-order valence-electron chi connectivity index (χ0n) is 7.31. The highest BCUT2D eigenvalue weighted by atomic mass is 35.5. The van der Waals surface area contributed by atoms with Gasteiger partial charge < -0.3 is 16.6 Å². The van der Waals surface area contributed by atoms with E-state index < -0.39 is 0 Å². The Morgan fingerprint density at radius 2 is 1.77 bits per heavy atom. The largest absolute Gasteiger partial charge is 0.508 e. The predicted octanol–water partition coefficient (Wildman–Crippen LogP) is 1.16. The van der Waals surface area contributed by atoms with Gasteiger partial charge in [0.05, 0.1) is 0 Å². The van der Waals surface area contributed by atoms with Gasteiger partial charge in [0.25, 0.3) is 0 Å². The molecule has 0 saturated heterocycles. The van der Waals surface area contributed by atoms with Crippen molar-refractivity contribution < 1.29 is 5.11 Å². The van der Waals surface area contributed by atoms with E-state index in [1.165, 1.54) is 0 Å². The molecule has 4 heteroatoms. The highest BCUT2D eigenvalue weighted by Gasteiger charge is 2.03. The molecule has 0 heterocycles. The second kappa shape index (κ2) is 5.80. The van der Waals surface area contributed by atoms with Crippen LogP contribution in [0.25, 0.3) is 0 Å². The number of hydrogen-bond donors (Lipinski definition) is 3. The van der Waals surface area contributed by atoms with Crippen molar-refractivity contribution in [3.63, 3.8) is 0 Å². The lowest BCUT2D eigenvalue weighted by Crippen LogP contribution is -2.14. The Hall–Kier alpha value is -0.770. The lowest BCUT2D eigenvalue weighted by Gasteiger charge is -2.09. The van der Waals surface area contributed by atoms with Gasteiger partial charge in [0.1, 0.15) is 5.75 Å². The number of halogens is 1. The van der Waals surface area contributed by atoms with Gasteiger partial charge >= 0.3 is 0 Å². The summed E-state index contributed by atoms with van der Waals surface area (Å²) in [6, 6.07) is 6.87. The summed E-state index contributed by atoms with van der Waals surface area (Å²) in [7, 11) is 0. The number of phenolic OH excluding ortho intramolecular Hbond substituents is 1. The number of benzene rings is 1. The van der Waals surface area contributed by atoms with Crippen LogP contribution in [-0.2, 0) is 0 Å². The maximum absolute atomic E-state index is 9.00. The van der Waals surface area contributed by atoms with E-state index in [-0.39, 0.29) is 24.2 Å². The van der Waals surface area contributed by atoms with E-state index in [9.17, 15) is 0 Å². The number of phenols is 1. The third-order valence-corrected chi connectivity index (χ3v) is 1.80. The van der Waals surface area contributed by atoms with Crippen molar-refractivity contribution in [2.45, 2.75) is 12.5 Å². The molecule has 0 aliphatic heterocycles. The summed E-state index contributed by atoms with van der Waals surface area (Å²) in [5.41, 5.74) is 12.2. The quantitative estimate of drug-likeness (QED) is 0.689. The van der Waals surface area contributed by atoms with Crippen LogP contribution in [0, 0.1) is 0 Å². The smallest absolute Gasteiger partial charge is 0.115 e. The maximum atomic E-state index is 9.00. The maximum Gasteiger partial charge on any atom is 0.115 e. The molecule has 1 rings (SSSR count). The average Bonchev–Trinajstić information content (AvgIpc) is 2.06. The molecule has 0 spiro atoms. The minimum atomic E-state index is -0.0180. The number of nitrogens with two attached hydrogens (primary N) is 2. The zero-order valence-corrected chi connectivity index (χ0v) is 8.13. The Bertz CT molecular complexity index is 238. The van der Waals surface area contributed by atoms with Crippen LogP contribution in [0.15, 0.2) is 24.3 Å². The Labute approximate surface area is 84.2 Å². The molecule has 0 saturated carbocycles. The fourth-order valence-electron chi connectivity index (χ4n) is 1.07. The zero-order chi connectivity index (χ0) is 8.97. The molecule has 0 radical (unpaired) electrons. The normalized spacial score (nSPS) is 11.8. The fourth-order valence-corrected chi connectivity index (χ4v) is 1.07. The second-order valence-electron chi connectivity index (χ2n) is 2.78. The van der Waals surface area contributed by atoms with Crippen LogP contribution in [0.4, 0.5) is 0 Å². The lowest BCUT2D eigenvalue weighted by molar-refractivity contribution is 0.474. The SMILES string of the molecule is Cl.NCC[C@H](N)c1ccc(O)cc1. The summed E-state index contributed by atoms with van der Waals surface area (Å²) in [6.45, 7) is 0.585. The number of rotatable bonds is 3. The molecule has 0 aliphatic carbocycles.